The standard InChI is InChI=1S/C10H16/c1-4-6-10(5-2)7-9(3)8-10/h4H,1,3,5-8H2,2H3. The summed E-state index contributed by atoms with van der Waals surface area (Å²) in [4.78, 5) is 0. The summed E-state index contributed by atoms with van der Waals surface area (Å²) < 4.78 is 0. The first-order chi connectivity index (χ1) is 4.72. The van der Waals surface area contributed by atoms with E-state index in [1.807, 2.05) is 6.08 Å². The third-order valence-electron chi connectivity index (χ3n) is 2.58. The van der Waals surface area contributed by atoms with Gasteiger partial charge in [-0.05, 0) is 31.1 Å². The molecular formula is C10H16. The van der Waals surface area contributed by atoms with E-state index < -0.39 is 0 Å². The van der Waals surface area contributed by atoms with Gasteiger partial charge in [-0.25, -0.2) is 0 Å². The average molecular weight is 136 g/mol. The van der Waals surface area contributed by atoms with E-state index in [4.69, 9.17) is 0 Å². The molecule has 0 amide bonds. The summed E-state index contributed by atoms with van der Waals surface area (Å²) in [5.74, 6) is 0. The van der Waals surface area contributed by atoms with Crippen LogP contribution in [0.2, 0.25) is 0 Å². The van der Waals surface area contributed by atoms with E-state index in [0.717, 1.165) is 0 Å². The molecule has 0 saturated heterocycles. The molecule has 56 valence electrons. The highest BCUT2D eigenvalue weighted by Gasteiger charge is 2.36. The van der Waals surface area contributed by atoms with Gasteiger partial charge in [0.2, 0.25) is 0 Å². The maximum atomic E-state index is 3.95. The van der Waals surface area contributed by atoms with Crippen molar-refractivity contribution < 1.29 is 0 Å². The lowest BCUT2D eigenvalue weighted by molar-refractivity contribution is 0.200. The Bertz CT molecular complexity index is 140. The second-order valence-corrected chi connectivity index (χ2v) is 3.45. The highest BCUT2D eigenvalue weighted by Crippen LogP contribution is 2.49. The van der Waals surface area contributed by atoms with Crippen molar-refractivity contribution in [3.63, 3.8) is 0 Å². The maximum Gasteiger partial charge on any atom is -0.0192 e. The van der Waals surface area contributed by atoms with Crippen LogP contribution in [0.15, 0.2) is 24.8 Å². The lowest BCUT2D eigenvalue weighted by Crippen LogP contribution is -2.29. The van der Waals surface area contributed by atoms with Gasteiger partial charge in [0, 0.05) is 0 Å². The number of hydrogen-bond donors (Lipinski definition) is 0. The summed E-state index contributed by atoms with van der Waals surface area (Å²) >= 11 is 0. The fourth-order valence-corrected chi connectivity index (χ4v) is 1.85. The fourth-order valence-electron chi connectivity index (χ4n) is 1.85. The largest absolute Gasteiger partial charge is 0.103 e. The third kappa shape index (κ3) is 1.16. The second kappa shape index (κ2) is 2.61. The van der Waals surface area contributed by atoms with Crippen LogP contribution in [-0.4, -0.2) is 0 Å². The zero-order valence-electron chi connectivity index (χ0n) is 6.82. The van der Waals surface area contributed by atoms with E-state index in [9.17, 15) is 0 Å². The van der Waals surface area contributed by atoms with E-state index in [-0.39, 0.29) is 0 Å². The zero-order chi connectivity index (χ0) is 7.61. The van der Waals surface area contributed by atoms with Crippen molar-refractivity contribution >= 4 is 0 Å². The summed E-state index contributed by atoms with van der Waals surface area (Å²) in [5, 5.41) is 0. The SMILES string of the molecule is C=CCC1(CC)CC(=C)C1. The lowest BCUT2D eigenvalue weighted by atomic mass is 9.62. The van der Waals surface area contributed by atoms with Gasteiger partial charge in [0.25, 0.3) is 0 Å². The van der Waals surface area contributed by atoms with E-state index >= 15 is 0 Å². The Balaban J connectivity index is 2.47. The molecule has 0 aromatic carbocycles. The third-order valence-corrected chi connectivity index (χ3v) is 2.58. The van der Waals surface area contributed by atoms with Gasteiger partial charge in [-0.15, -0.1) is 6.58 Å². The van der Waals surface area contributed by atoms with Crippen LogP contribution in [0.5, 0.6) is 0 Å². The van der Waals surface area contributed by atoms with Gasteiger partial charge in [0.1, 0.15) is 0 Å². The second-order valence-electron chi connectivity index (χ2n) is 3.45. The molecule has 0 aromatic heterocycles. The fraction of sp³-hybridized carbons (Fsp3) is 0.600. The molecule has 0 heteroatoms. The Morgan fingerprint density at radius 1 is 1.60 bits per heavy atom. The minimum Gasteiger partial charge on any atom is -0.103 e. The van der Waals surface area contributed by atoms with Gasteiger partial charge in [-0.1, -0.05) is 25.2 Å². The molecule has 0 aromatic rings. The van der Waals surface area contributed by atoms with Crippen molar-refractivity contribution in [1.29, 1.82) is 0 Å². The summed E-state index contributed by atoms with van der Waals surface area (Å²) in [5.41, 5.74) is 1.99. The predicted octanol–water partition coefficient (Wildman–Crippen LogP) is 3.31. The molecule has 1 aliphatic carbocycles. The van der Waals surface area contributed by atoms with Crippen LogP contribution in [0.25, 0.3) is 0 Å². The molecular weight excluding hydrogens is 120 g/mol. The van der Waals surface area contributed by atoms with Crippen LogP contribution >= 0.6 is 0 Å². The van der Waals surface area contributed by atoms with E-state index in [0.29, 0.717) is 5.41 Å². The Kier molecular flexibility index (Phi) is 1.98. The van der Waals surface area contributed by atoms with Gasteiger partial charge in [-0.3, -0.25) is 0 Å². The molecule has 0 bridgehead atoms. The molecule has 10 heavy (non-hydrogen) atoms. The van der Waals surface area contributed by atoms with Crippen LogP contribution < -0.4 is 0 Å². The topological polar surface area (TPSA) is 0 Å². The smallest absolute Gasteiger partial charge is 0.0192 e. The number of hydrogen-bond acceptors (Lipinski definition) is 0. The summed E-state index contributed by atoms with van der Waals surface area (Å²) in [6.07, 6.45) is 6.95. The van der Waals surface area contributed by atoms with Crippen LogP contribution in [0, 0.1) is 5.41 Å². The first-order valence-electron chi connectivity index (χ1n) is 4.00. The van der Waals surface area contributed by atoms with Crippen molar-refractivity contribution in [2.45, 2.75) is 32.6 Å². The van der Waals surface area contributed by atoms with Crippen LogP contribution in [-0.2, 0) is 0 Å². The first kappa shape index (κ1) is 7.59. The maximum absolute atomic E-state index is 3.95. The summed E-state index contributed by atoms with van der Waals surface area (Å²) in [7, 11) is 0. The van der Waals surface area contributed by atoms with Gasteiger partial charge in [-0.2, -0.15) is 0 Å². The average Bonchev–Trinajstić information content (AvgIpc) is 1.84. The molecule has 0 spiro atoms. The molecule has 0 nitrogen and oxygen atoms in total. The molecule has 0 radical (unpaired) electrons. The zero-order valence-corrected chi connectivity index (χ0v) is 6.82. The van der Waals surface area contributed by atoms with Crippen LogP contribution in [0.4, 0.5) is 0 Å². The monoisotopic (exact) mass is 136 g/mol. The van der Waals surface area contributed by atoms with E-state index in [1.165, 1.54) is 31.3 Å². The molecule has 0 aliphatic heterocycles. The van der Waals surface area contributed by atoms with E-state index in [1.54, 1.807) is 0 Å². The Labute approximate surface area is 63.6 Å². The predicted molar refractivity (Wildman–Crippen MR) is 45.9 cm³/mol. The minimum atomic E-state index is 0.568. The first-order valence-corrected chi connectivity index (χ1v) is 4.00. The van der Waals surface area contributed by atoms with Crippen molar-refractivity contribution in [3.8, 4) is 0 Å². The van der Waals surface area contributed by atoms with Crippen molar-refractivity contribution in [1.82, 2.24) is 0 Å². The molecule has 0 atom stereocenters. The molecule has 1 fully saturated rings. The molecule has 1 rings (SSSR count). The number of allylic oxidation sites excluding steroid dienone is 2. The van der Waals surface area contributed by atoms with Crippen molar-refractivity contribution in [2.75, 3.05) is 0 Å². The molecule has 1 aliphatic rings. The van der Waals surface area contributed by atoms with Crippen molar-refractivity contribution in [2.24, 2.45) is 5.41 Å². The quantitative estimate of drug-likeness (QED) is 0.522. The molecule has 1 saturated carbocycles. The van der Waals surface area contributed by atoms with Crippen molar-refractivity contribution in [3.05, 3.63) is 24.8 Å². The Hall–Kier alpha value is -0.520. The molecule has 0 heterocycles. The normalized spacial score (nSPS) is 21.9. The van der Waals surface area contributed by atoms with Crippen LogP contribution in [0.3, 0.4) is 0 Å². The highest BCUT2D eigenvalue weighted by molar-refractivity contribution is 5.15. The van der Waals surface area contributed by atoms with Gasteiger partial charge < -0.3 is 0 Å². The summed E-state index contributed by atoms with van der Waals surface area (Å²) in [6, 6.07) is 0. The Morgan fingerprint density at radius 2 is 2.20 bits per heavy atom. The highest BCUT2D eigenvalue weighted by atomic mass is 14.4. The minimum absolute atomic E-state index is 0.568. The molecule has 0 unspecified atom stereocenters. The van der Waals surface area contributed by atoms with Gasteiger partial charge in [0.15, 0.2) is 0 Å². The van der Waals surface area contributed by atoms with E-state index in [2.05, 4.69) is 20.1 Å². The molecule has 0 N–H and O–H groups in total. The van der Waals surface area contributed by atoms with Crippen LogP contribution in [0.1, 0.15) is 32.6 Å². The lowest BCUT2D eigenvalue weighted by Gasteiger charge is -2.42. The Morgan fingerprint density at radius 3 is 2.50 bits per heavy atom. The van der Waals surface area contributed by atoms with Gasteiger partial charge in [0.05, 0.1) is 0 Å². The number of rotatable bonds is 3. The summed E-state index contributed by atoms with van der Waals surface area (Å²) in [6.45, 7) is 9.98. The van der Waals surface area contributed by atoms with Gasteiger partial charge >= 0.3 is 0 Å².